The number of benzene rings is 1. The lowest BCUT2D eigenvalue weighted by Crippen LogP contribution is -2.45. The zero-order chi connectivity index (χ0) is 25.3. The number of ether oxygens (including phenoxy) is 2. The van der Waals surface area contributed by atoms with Crippen molar-refractivity contribution in [3.8, 4) is 11.5 Å². The van der Waals surface area contributed by atoms with Gasteiger partial charge in [-0.3, -0.25) is 9.79 Å². The van der Waals surface area contributed by atoms with Gasteiger partial charge in [-0.15, -0.1) is 0 Å². The molecule has 1 saturated heterocycles. The molecule has 190 valence electrons. The normalized spacial score (nSPS) is 20.7. The zero-order valence-corrected chi connectivity index (χ0v) is 21.2. The minimum absolute atomic E-state index is 0.0179. The predicted octanol–water partition coefficient (Wildman–Crippen LogP) is 2.85. The predicted molar refractivity (Wildman–Crippen MR) is 128 cm³/mol. The van der Waals surface area contributed by atoms with E-state index in [1.165, 1.54) is 4.31 Å². The van der Waals surface area contributed by atoms with Crippen LogP contribution in [0.1, 0.15) is 41.8 Å². The van der Waals surface area contributed by atoms with Gasteiger partial charge in [-0.25, -0.2) is 8.42 Å². The second-order valence-electron chi connectivity index (χ2n) is 9.07. The van der Waals surface area contributed by atoms with Gasteiger partial charge in [-0.05, 0) is 62.6 Å². The third-order valence-corrected chi connectivity index (χ3v) is 9.03. The van der Waals surface area contributed by atoms with Gasteiger partial charge in [-0.2, -0.15) is 4.31 Å². The molecule has 11 heteroatoms. The van der Waals surface area contributed by atoms with Crippen LogP contribution < -0.4 is 9.47 Å². The second kappa shape index (κ2) is 9.98. The highest BCUT2D eigenvalue weighted by Crippen LogP contribution is 2.37. The Bertz CT molecular complexity index is 1230. The van der Waals surface area contributed by atoms with Crippen LogP contribution in [-0.4, -0.2) is 68.5 Å². The Balaban J connectivity index is 1.65. The van der Waals surface area contributed by atoms with Gasteiger partial charge in [0, 0.05) is 37.3 Å². The maximum absolute atomic E-state index is 13.5. The van der Waals surface area contributed by atoms with Gasteiger partial charge in [0.1, 0.15) is 10.6 Å². The quantitative estimate of drug-likeness (QED) is 0.579. The Kier molecular flexibility index (Phi) is 7.18. The van der Waals surface area contributed by atoms with E-state index in [1.54, 1.807) is 28.1 Å². The summed E-state index contributed by atoms with van der Waals surface area (Å²) >= 11 is 0. The smallest absolute Gasteiger partial charge is 0.303 e. The van der Waals surface area contributed by atoms with Crippen LogP contribution in [-0.2, 0) is 21.2 Å². The molecule has 2 aliphatic rings. The van der Waals surface area contributed by atoms with Crippen molar-refractivity contribution in [2.45, 2.75) is 44.4 Å². The Morgan fingerprint density at radius 2 is 1.91 bits per heavy atom. The average Bonchev–Trinajstić information content (AvgIpc) is 3.17. The van der Waals surface area contributed by atoms with E-state index in [-0.39, 0.29) is 42.0 Å². The summed E-state index contributed by atoms with van der Waals surface area (Å²) in [7, 11) is -0.666. The molecular weight excluding hydrogens is 474 g/mol. The van der Waals surface area contributed by atoms with Crippen LogP contribution in [0.5, 0.6) is 11.5 Å². The number of hydrogen-bond donors (Lipinski definition) is 1. The molecule has 0 spiro atoms. The molecule has 2 atom stereocenters. The fourth-order valence-electron chi connectivity index (χ4n) is 5.18. The van der Waals surface area contributed by atoms with E-state index in [1.807, 2.05) is 12.1 Å². The van der Waals surface area contributed by atoms with E-state index in [0.29, 0.717) is 36.6 Å². The highest BCUT2D eigenvalue weighted by atomic mass is 32.2. The molecule has 2 unspecified atom stereocenters. The fraction of sp³-hybridized carbons (Fsp3) is 0.542. The SMILES string of the molecule is COc1cc2c(cc1OC)C(CC1CN(S(=O)(=O)c3c(C)noc3C)CCC1CC(=O)O)=NCC2. The van der Waals surface area contributed by atoms with Crippen molar-refractivity contribution < 1.29 is 32.3 Å². The molecule has 3 heterocycles. The van der Waals surface area contributed by atoms with Crippen molar-refractivity contribution in [2.24, 2.45) is 16.8 Å². The van der Waals surface area contributed by atoms with Gasteiger partial charge in [0.05, 0.1) is 14.2 Å². The number of hydrogen-bond acceptors (Lipinski definition) is 8. The first-order valence-corrected chi connectivity index (χ1v) is 13.0. The lowest BCUT2D eigenvalue weighted by Gasteiger charge is -2.38. The summed E-state index contributed by atoms with van der Waals surface area (Å²) in [5.74, 6) is 0.210. The minimum Gasteiger partial charge on any atom is -0.493 e. The molecule has 4 rings (SSSR count). The van der Waals surface area contributed by atoms with Crippen LogP contribution in [0.2, 0.25) is 0 Å². The van der Waals surface area contributed by atoms with Gasteiger partial charge in [-0.1, -0.05) is 5.16 Å². The topological polar surface area (TPSA) is 132 Å². The van der Waals surface area contributed by atoms with Gasteiger partial charge in [0.25, 0.3) is 0 Å². The first-order chi connectivity index (χ1) is 16.6. The van der Waals surface area contributed by atoms with Crippen LogP contribution in [0, 0.1) is 25.7 Å². The van der Waals surface area contributed by atoms with E-state index in [9.17, 15) is 18.3 Å². The number of methoxy groups -OCH3 is 2. The number of aliphatic imine (C=N–C) groups is 1. The second-order valence-corrected chi connectivity index (χ2v) is 10.9. The lowest BCUT2D eigenvalue weighted by molar-refractivity contribution is -0.138. The summed E-state index contributed by atoms with van der Waals surface area (Å²) in [5.41, 5.74) is 3.18. The minimum atomic E-state index is -3.83. The van der Waals surface area contributed by atoms with Crippen molar-refractivity contribution in [2.75, 3.05) is 33.9 Å². The van der Waals surface area contributed by atoms with Crippen LogP contribution >= 0.6 is 0 Å². The standard InChI is InChI=1S/C24H31N3O7S/c1-14-24(15(2)34-26-14)35(30,31)27-8-6-16(11-23(28)29)18(13-27)9-20-19-12-22(33-4)21(32-3)10-17(19)5-7-25-20/h10,12,16,18H,5-9,11,13H2,1-4H3,(H,28,29). The first kappa shape index (κ1) is 25.2. The monoisotopic (exact) mass is 505 g/mol. The van der Waals surface area contributed by atoms with Crippen molar-refractivity contribution >= 4 is 21.7 Å². The van der Waals surface area contributed by atoms with E-state index < -0.39 is 16.0 Å². The summed E-state index contributed by atoms with van der Waals surface area (Å²) in [6, 6.07) is 3.85. The molecule has 1 fully saturated rings. The summed E-state index contributed by atoms with van der Waals surface area (Å²) in [6.45, 7) is 4.24. The van der Waals surface area contributed by atoms with E-state index in [4.69, 9.17) is 19.0 Å². The van der Waals surface area contributed by atoms with Gasteiger partial charge in [0.15, 0.2) is 17.3 Å². The van der Waals surface area contributed by atoms with Crippen molar-refractivity contribution in [1.82, 2.24) is 9.46 Å². The average molecular weight is 506 g/mol. The fourth-order valence-corrected chi connectivity index (χ4v) is 6.98. The summed E-state index contributed by atoms with van der Waals surface area (Å²) in [6.07, 6.45) is 1.66. The Hall–Kier alpha value is -2.92. The maximum atomic E-state index is 13.5. The van der Waals surface area contributed by atoms with Crippen molar-refractivity contribution in [1.29, 1.82) is 0 Å². The van der Waals surface area contributed by atoms with E-state index in [0.717, 1.165) is 23.3 Å². The number of carbonyl (C=O) groups is 1. The van der Waals surface area contributed by atoms with Crippen molar-refractivity contribution in [3.05, 3.63) is 34.7 Å². The molecule has 0 saturated carbocycles. The molecule has 2 aromatic rings. The third-order valence-electron chi connectivity index (χ3n) is 6.92. The Morgan fingerprint density at radius 1 is 1.20 bits per heavy atom. The Morgan fingerprint density at radius 3 is 2.54 bits per heavy atom. The summed E-state index contributed by atoms with van der Waals surface area (Å²) in [5, 5.41) is 13.3. The number of aliphatic carboxylic acids is 1. The number of aromatic nitrogens is 1. The molecule has 2 aliphatic heterocycles. The first-order valence-electron chi connectivity index (χ1n) is 11.6. The largest absolute Gasteiger partial charge is 0.493 e. The van der Waals surface area contributed by atoms with Crippen LogP contribution in [0.25, 0.3) is 0 Å². The number of carboxylic acid groups (broad SMARTS) is 1. The summed E-state index contributed by atoms with van der Waals surface area (Å²) in [4.78, 5) is 16.4. The van der Waals surface area contributed by atoms with E-state index in [2.05, 4.69) is 5.16 Å². The highest BCUT2D eigenvalue weighted by Gasteiger charge is 2.39. The molecule has 0 aliphatic carbocycles. The molecule has 0 bridgehead atoms. The molecule has 1 aromatic heterocycles. The number of fused-ring (bicyclic) bond motifs is 1. The molecule has 1 N–H and O–H groups in total. The van der Waals surface area contributed by atoms with Crippen LogP contribution in [0.4, 0.5) is 0 Å². The number of aryl methyl sites for hydroxylation is 2. The molecule has 1 aromatic carbocycles. The van der Waals surface area contributed by atoms with Crippen molar-refractivity contribution in [3.63, 3.8) is 0 Å². The molecule has 10 nitrogen and oxygen atoms in total. The molecular formula is C24H31N3O7S. The number of carboxylic acids is 1. The van der Waals surface area contributed by atoms with Crippen LogP contribution in [0.3, 0.4) is 0 Å². The number of rotatable bonds is 8. The lowest BCUT2D eigenvalue weighted by atomic mass is 9.79. The van der Waals surface area contributed by atoms with Gasteiger partial charge < -0.3 is 19.1 Å². The molecule has 0 amide bonds. The number of sulfonamides is 1. The number of nitrogens with zero attached hydrogens (tertiary/aromatic N) is 3. The molecule has 0 radical (unpaired) electrons. The van der Waals surface area contributed by atoms with Crippen LogP contribution in [0.15, 0.2) is 26.5 Å². The van der Waals surface area contributed by atoms with E-state index >= 15 is 0 Å². The highest BCUT2D eigenvalue weighted by molar-refractivity contribution is 7.89. The maximum Gasteiger partial charge on any atom is 0.303 e. The Labute approximate surface area is 205 Å². The van der Waals surface area contributed by atoms with Gasteiger partial charge >= 0.3 is 5.97 Å². The molecule has 35 heavy (non-hydrogen) atoms. The third kappa shape index (κ3) is 4.92. The van der Waals surface area contributed by atoms with Gasteiger partial charge in [0.2, 0.25) is 10.0 Å². The zero-order valence-electron chi connectivity index (χ0n) is 20.4. The summed E-state index contributed by atoms with van der Waals surface area (Å²) < 4.78 is 44.4. The number of piperidine rings is 1.